The standard InChI is InChI=1S/C14H11N5O/c15-9-11-2-1-3-12(8-11)13-4-5-17-19(13)14(20)18-7-6-16-10-18/h1-3,5-8,10,13H,4H2/t13-/m0/s1. The van der Waals surface area contributed by atoms with Crippen LogP contribution in [0, 0.1) is 11.3 Å². The molecule has 1 aromatic heterocycles. The molecule has 1 aliphatic heterocycles. The highest BCUT2D eigenvalue weighted by atomic mass is 16.2. The Morgan fingerprint density at radius 1 is 1.45 bits per heavy atom. The van der Waals surface area contributed by atoms with Crippen molar-refractivity contribution in [1.82, 2.24) is 14.6 Å². The van der Waals surface area contributed by atoms with E-state index in [9.17, 15) is 4.79 Å². The third kappa shape index (κ3) is 2.06. The number of hydrogen-bond acceptors (Lipinski definition) is 4. The average Bonchev–Trinajstić information content (AvgIpc) is 3.17. The van der Waals surface area contributed by atoms with E-state index in [1.54, 1.807) is 30.7 Å². The third-order valence-corrected chi connectivity index (χ3v) is 3.15. The predicted molar refractivity (Wildman–Crippen MR) is 71.9 cm³/mol. The van der Waals surface area contributed by atoms with Crippen LogP contribution in [0.5, 0.6) is 0 Å². The molecule has 0 unspecified atom stereocenters. The predicted octanol–water partition coefficient (Wildman–Crippen LogP) is 2.16. The number of imidazole rings is 1. The van der Waals surface area contributed by atoms with Gasteiger partial charge in [0.05, 0.1) is 17.7 Å². The van der Waals surface area contributed by atoms with Crippen LogP contribution in [-0.2, 0) is 0 Å². The molecule has 0 spiro atoms. The molecule has 0 N–H and O–H groups in total. The van der Waals surface area contributed by atoms with Crippen molar-refractivity contribution in [3.8, 4) is 6.07 Å². The van der Waals surface area contributed by atoms with Gasteiger partial charge in [-0.3, -0.25) is 4.57 Å². The molecule has 0 radical (unpaired) electrons. The summed E-state index contributed by atoms with van der Waals surface area (Å²) in [6.45, 7) is 0. The second kappa shape index (κ2) is 4.97. The van der Waals surface area contributed by atoms with Gasteiger partial charge >= 0.3 is 6.03 Å². The Labute approximate surface area is 115 Å². The monoisotopic (exact) mass is 265 g/mol. The molecule has 0 saturated carbocycles. The van der Waals surface area contributed by atoms with E-state index in [4.69, 9.17) is 5.26 Å². The smallest absolute Gasteiger partial charge is 0.257 e. The topological polar surface area (TPSA) is 74.3 Å². The Morgan fingerprint density at radius 2 is 2.35 bits per heavy atom. The third-order valence-electron chi connectivity index (χ3n) is 3.15. The molecule has 1 aromatic carbocycles. The minimum absolute atomic E-state index is 0.182. The fourth-order valence-corrected chi connectivity index (χ4v) is 2.18. The first kappa shape index (κ1) is 12.1. The lowest BCUT2D eigenvalue weighted by Crippen LogP contribution is -2.30. The number of nitrogens with zero attached hydrogens (tertiary/aromatic N) is 5. The van der Waals surface area contributed by atoms with Crippen molar-refractivity contribution < 1.29 is 4.79 Å². The van der Waals surface area contributed by atoms with Crippen LogP contribution in [0.2, 0.25) is 0 Å². The average molecular weight is 265 g/mol. The van der Waals surface area contributed by atoms with Crippen molar-refractivity contribution >= 4 is 12.2 Å². The molecular formula is C14H11N5O. The van der Waals surface area contributed by atoms with Crippen molar-refractivity contribution in [3.05, 3.63) is 54.1 Å². The van der Waals surface area contributed by atoms with Gasteiger partial charge in [-0.2, -0.15) is 10.4 Å². The molecule has 1 amide bonds. The van der Waals surface area contributed by atoms with Gasteiger partial charge in [0.1, 0.15) is 6.33 Å². The van der Waals surface area contributed by atoms with Gasteiger partial charge in [-0.25, -0.2) is 14.8 Å². The molecule has 98 valence electrons. The molecule has 20 heavy (non-hydrogen) atoms. The molecule has 1 atom stereocenters. The highest BCUT2D eigenvalue weighted by Gasteiger charge is 2.29. The van der Waals surface area contributed by atoms with Gasteiger partial charge < -0.3 is 0 Å². The first-order valence-corrected chi connectivity index (χ1v) is 6.13. The summed E-state index contributed by atoms with van der Waals surface area (Å²) >= 11 is 0. The number of aromatic nitrogens is 2. The number of amides is 1. The highest BCUT2D eigenvalue weighted by Crippen LogP contribution is 2.29. The van der Waals surface area contributed by atoms with Crippen molar-refractivity contribution in [2.75, 3.05) is 0 Å². The van der Waals surface area contributed by atoms with Crippen LogP contribution in [0.15, 0.2) is 48.1 Å². The van der Waals surface area contributed by atoms with Gasteiger partial charge in [0, 0.05) is 25.0 Å². The van der Waals surface area contributed by atoms with E-state index in [1.165, 1.54) is 15.9 Å². The molecule has 0 saturated heterocycles. The number of hydrazone groups is 1. The van der Waals surface area contributed by atoms with Crippen LogP contribution in [-0.4, -0.2) is 26.8 Å². The SMILES string of the molecule is N#Cc1cccc([C@@H]2CC=NN2C(=O)n2ccnc2)c1. The Morgan fingerprint density at radius 3 is 3.10 bits per heavy atom. The van der Waals surface area contributed by atoms with E-state index in [0.717, 1.165) is 5.56 Å². The number of hydrogen-bond donors (Lipinski definition) is 0. The molecule has 3 rings (SSSR count). The van der Waals surface area contributed by atoms with E-state index >= 15 is 0 Å². The molecule has 6 heteroatoms. The van der Waals surface area contributed by atoms with Gasteiger partial charge in [0.2, 0.25) is 0 Å². The minimum Gasteiger partial charge on any atom is -0.257 e. The zero-order chi connectivity index (χ0) is 13.9. The largest absolute Gasteiger partial charge is 0.350 e. The fourth-order valence-electron chi connectivity index (χ4n) is 2.18. The van der Waals surface area contributed by atoms with Crippen molar-refractivity contribution in [2.45, 2.75) is 12.5 Å². The van der Waals surface area contributed by atoms with E-state index in [0.29, 0.717) is 12.0 Å². The summed E-state index contributed by atoms with van der Waals surface area (Å²) in [7, 11) is 0. The van der Waals surface area contributed by atoms with Gasteiger partial charge in [-0.1, -0.05) is 12.1 Å². The van der Waals surface area contributed by atoms with E-state index in [2.05, 4.69) is 16.2 Å². The number of nitriles is 1. The molecule has 0 bridgehead atoms. The maximum Gasteiger partial charge on any atom is 0.350 e. The summed E-state index contributed by atoms with van der Waals surface area (Å²) in [5.41, 5.74) is 1.47. The zero-order valence-corrected chi connectivity index (χ0v) is 10.5. The normalized spacial score (nSPS) is 17.1. The molecular weight excluding hydrogens is 254 g/mol. The quantitative estimate of drug-likeness (QED) is 0.792. The summed E-state index contributed by atoms with van der Waals surface area (Å²) < 4.78 is 1.38. The van der Waals surface area contributed by atoms with Crippen molar-refractivity contribution in [1.29, 1.82) is 5.26 Å². The molecule has 0 fully saturated rings. The fraction of sp³-hybridized carbons (Fsp3) is 0.143. The van der Waals surface area contributed by atoms with Crippen LogP contribution >= 0.6 is 0 Å². The second-order valence-electron chi connectivity index (χ2n) is 4.38. The van der Waals surface area contributed by atoms with E-state index in [-0.39, 0.29) is 12.1 Å². The Hall–Kier alpha value is -2.94. The highest BCUT2D eigenvalue weighted by molar-refractivity contribution is 5.80. The first-order chi connectivity index (χ1) is 9.79. The Bertz CT molecular complexity index is 699. The van der Waals surface area contributed by atoms with E-state index < -0.39 is 0 Å². The number of carbonyl (C=O) groups excluding carboxylic acids is 1. The molecule has 0 aliphatic carbocycles. The molecule has 2 aromatic rings. The van der Waals surface area contributed by atoms with Crippen molar-refractivity contribution in [2.24, 2.45) is 5.10 Å². The minimum atomic E-state index is -0.261. The Balaban J connectivity index is 1.90. The second-order valence-corrected chi connectivity index (χ2v) is 4.38. The lowest BCUT2D eigenvalue weighted by molar-refractivity contribution is 0.188. The maximum atomic E-state index is 12.3. The van der Waals surface area contributed by atoms with Crippen LogP contribution < -0.4 is 0 Å². The molecule has 2 heterocycles. The maximum absolute atomic E-state index is 12.3. The summed E-state index contributed by atoms with van der Waals surface area (Å²) in [4.78, 5) is 16.2. The summed E-state index contributed by atoms with van der Waals surface area (Å²) in [5.74, 6) is 0. The molecule has 6 nitrogen and oxygen atoms in total. The zero-order valence-electron chi connectivity index (χ0n) is 10.5. The van der Waals surface area contributed by atoms with Crippen LogP contribution in [0.25, 0.3) is 0 Å². The van der Waals surface area contributed by atoms with Crippen molar-refractivity contribution in [3.63, 3.8) is 0 Å². The number of carbonyl (C=O) groups is 1. The van der Waals surface area contributed by atoms with Gasteiger partial charge in [0.15, 0.2) is 0 Å². The van der Waals surface area contributed by atoms with E-state index in [1.807, 2.05) is 12.1 Å². The van der Waals surface area contributed by atoms with Crippen LogP contribution in [0.3, 0.4) is 0 Å². The number of benzene rings is 1. The number of rotatable bonds is 1. The van der Waals surface area contributed by atoms with Crippen LogP contribution in [0.1, 0.15) is 23.6 Å². The van der Waals surface area contributed by atoms with Gasteiger partial charge in [0.25, 0.3) is 0 Å². The summed E-state index contributed by atoms with van der Waals surface area (Å²) in [6, 6.07) is 8.89. The first-order valence-electron chi connectivity index (χ1n) is 6.13. The summed E-state index contributed by atoms with van der Waals surface area (Å²) in [5, 5.41) is 14.5. The van der Waals surface area contributed by atoms with Crippen LogP contribution in [0.4, 0.5) is 4.79 Å². The van der Waals surface area contributed by atoms with Gasteiger partial charge in [-0.15, -0.1) is 0 Å². The lowest BCUT2D eigenvalue weighted by atomic mass is 10.0. The van der Waals surface area contributed by atoms with Gasteiger partial charge in [-0.05, 0) is 17.7 Å². The summed E-state index contributed by atoms with van der Waals surface area (Å²) in [6.07, 6.45) is 6.91. The lowest BCUT2D eigenvalue weighted by Gasteiger charge is -2.22. The molecule has 1 aliphatic rings. The Kier molecular flexibility index (Phi) is 3.01.